The number of aliphatic carboxylic acids is 1. The van der Waals surface area contributed by atoms with Gasteiger partial charge in [-0.15, -0.1) is 0 Å². The van der Waals surface area contributed by atoms with Gasteiger partial charge in [-0.1, -0.05) is 30.3 Å². The molecule has 0 unspecified atom stereocenters. The smallest absolute Gasteiger partial charge is 0.326 e. The van der Waals surface area contributed by atoms with E-state index in [2.05, 4.69) is 0 Å². The largest absolute Gasteiger partial charge is 0.493 e. The maximum atomic E-state index is 12.8. The third-order valence-corrected chi connectivity index (χ3v) is 6.71. The molecule has 1 saturated heterocycles. The number of carboxylic acids is 1. The van der Waals surface area contributed by atoms with Crippen LogP contribution in [0.15, 0.2) is 48.5 Å². The van der Waals surface area contributed by atoms with Gasteiger partial charge in [0.25, 0.3) is 11.8 Å². The number of ether oxygens (including phenoxy) is 1. The number of imide groups is 1. The van der Waals surface area contributed by atoms with Crippen LogP contribution in [-0.4, -0.2) is 88.2 Å². The summed E-state index contributed by atoms with van der Waals surface area (Å²) in [6.07, 6.45) is -0.0968. The first-order valence-electron chi connectivity index (χ1n) is 12.2. The highest BCUT2D eigenvalue weighted by Gasteiger charge is 2.43. The molecule has 2 aromatic rings. The zero-order valence-electron chi connectivity index (χ0n) is 20.6. The van der Waals surface area contributed by atoms with Gasteiger partial charge in [0.1, 0.15) is 11.8 Å². The summed E-state index contributed by atoms with van der Waals surface area (Å²) < 4.78 is 5.70. The van der Waals surface area contributed by atoms with Crippen molar-refractivity contribution in [1.29, 1.82) is 0 Å². The number of rotatable bonds is 9. The SMILES string of the molecule is Cc1ccccc1OCCC(=O)N1CCN(C(=O)CC[C@@H](C(=O)O)N2C(=O)c3ccccc3C2=O)CC1. The molecule has 2 aromatic carbocycles. The second-order valence-electron chi connectivity index (χ2n) is 9.04. The average Bonchev–Trinajstić information content (AvgIpc) is 3.15. The van der Waals surface area contributed by atoms with Crippen molar-refractivity contribution in [3.8, 4) is 5.75 Å². The van der Waals surface area contributed by atoms with Crippen molar-refractivity contribution in [3.63, 3.8) is 0 Å². The van der Waals surface area contributed by atoms with E-state index in [0.717, 1.165) is 16.2 Å². The number of hydrogen-bond acceptors (Lipinski definition) is 6. The molecule has 37 heavy (non-hydrogen) atoms. The molecule has 0 saturated carbocycles. The molecule has 2 aliphatic rings. The van der Waals surface area contributed by atoms with E-state index in [-0.39, 0.29) is 48.8 Å². The van der Waals surface area contributed by atoms with Crippen LogP contribution in [0.3, 0.4) is 0 Å². The predicted molar refractivity (Wildman–Crippen MR) is 132 cm³/mol. The van der Waals surface area contributed by atoms with Gasteiger partial charge in [-0.05, 0) is 37.1 Å². The molecule has 1 N–H and O–H groups in total. The molecule has 1 fully saturated rings. The Kier molecular flexibility index (Phi) is 7.86. The number of piperazine rings is 1. The van der Waals surface area contributed by atoms with Crippen LogP contribution < -0.4 is 4.74 Å². The first kappa shape index (κ1) is 25.9. The van der Waals surface area contributed by atoms with Gasteiger partial charge in [0.05, 0.1) is 24.2 Å². The number of aryl methyl sites for hydroxylation is 1. The molecular formula is C27H29N3O7. The minimum Gasteiger partial charge on any atom is -0.493 e. The molecule has 2 aliphatic heterocycles. The van der Waals surface area contributed by atoms with Gasteiger partial charge in [-0.2, -0.15) is 0 Å². The van der Waals surface area contributed by atoms with E-state index in [0.29, 0.717) is 26.2 Å². The standard InChI is InChI=1S/C27H29N3O7/c1-18-6-2-5-9-22(18)37-17-12-24(32)29-15-13-28(14-16-29)23(31)11-10-21(27(35)36)30-25(33)19-7-3-4-8-20(19)26(30)34/h2-9,21H,10-17H2,1H3,(H,35,36)/t21-/m0/s1. The predicted octanol–water partition coefficient (Wildman–Crippen LogP) is 1.96. The van der Waals surface area contributed by atoms with Crippen LogP contribution >= 0.6 is 0 Å². The van der Waals surface area contributed by atoms with Crippen LogP contribution in [0.2, 0.25) is 0 Å². The number of fused-ring (bicyclic) bond motifs is 1. The number of hydrogen-bond donors (Lipinski definition) is 1. The average molecular weight is 508 g/mol. The highest BCUT2D eigenvalue weighted by Crippen LogP contribution is 2.26. The summed E-state index contributed by atoms with van der Waals surface area (Å²) in [6.45, 7) is 3.59. The normalized spacial score (nSPS) is 16.0. The summed E-state index contributed by atoms with van der Waals surface area (Å²) >= 11 is 0. The van der Waals surface area contributed by atoms with Crippen LogP contribution in [0.4, 0.5) is 0 Å². The van der Waals surface area contributed by atoms with Crippen LogP contribution in [0, 0.1) is 6.92 Å². The molecule has 2 heterocycles. The van der Waals surface area contributed by atoms with Crippen molar-refractivity contribution in [3.05, 3.63) is 65.2 Å². The molecular weight excluding hydrogens is 478 g/mol. The second kappa shape index (κ2) is 11.2. The second-order valence-corrected chi connectivity index (χ2v) is 9.04. The van der Waals surface area contributed by atoms with Gasteiger partial charge >= 0.3 is 5.97 Å². The maximum absolute atomic E-state index is 12.8. The van der Waals surface area contributed by atoms with Crippen molar-refractivity contribution >= 4 is 29.6 Å². The molecule has 0 aromatic heterocycles. The van der Waals surface area contributed by atoms with Crippen molar-refractivity contribution in [2.45, 2.75) is 32.2 Å². The number of carbonyl (C=O) groups is 5. The maximum Gasteiger partial charge on any atom is 0.326 e. The fourth-order valence-electron chi connectivity index (χ4n) is 4.60. The minimum atomic E-state index is -1.44. The summed E-state index contributed by atoms with van der Waals surface area (Å²) in [5.41, 5.74) is 1.32. The number of nitrogens with zero attached hydrogens (tertiary/aromatic N) is 3. The molecule has 0 spiro atoms. The summed E-state index contributed by atoms with van der Waals surface area (Å²) in [5, 5.41) is 9.70. The highest BCUT2D eigenvalue weighted by atomic mass is 16.5. The van der Waals surface area contributed by atoms with E-state index < -0.39 is 23.8 Å². The lowest BCUT2D eigenvalue weighted by atomic mass is 10.1. The van der Waals surface area contributed by atoms with Gasteiger partial charge in [0, 0.05) is 32.6 Å². The highest BCUT2D eigenvalue weighted by molar-refractivity contribution is 6.22. The first-order valence-corrected chi connectivity index (χ1v) is 12.2. The molecule has 0 bridgehead atoms. The lowest BCUT2D eigenvalue weighted by Crippen LogP contribution is -2.51. The molecule has 0 aliphatic carbocycles. The number of amides is 4. The molecule has 0 radical (unpaired) electrons. The summed E-state index contributed by atoms with van der Waals surface area (Å²) in [7, 11) is 0. The van der Waals surface area contributed by atoms with E-state index in [4.69, 9.17) is 4.74 Å². The third kappa shape index (κ3) is 5.63. The molecule has 10 heteroatoms. The zero-order valence-corrected chi connectivity index (χ0v) is 20.6. The lowest BCUT2D eigenvalue weighted by Gasteiger charge is -2.35. The summed E-state index contributed by atoms with van der Waals surface area (Å²) in [6, 6.07) is 12.3. The Morgan fingerprint density at radius 2 is 1.35 bits per heavy atom. The van der Waals surface area contributed by atoms with Crippen LogP contribution in [0.5, 0.6) is 5.75 Å². The van der Waals surface area contributed by atoms with Gasteiger partial charge in [0.15, 0.2) is 0 Å². The van der Waals surface area contributed by atoms with Gasteiger partial charge in [-0.3, -0.25) is 24.1 Å². The fourth-order valence-corrected chi connectivity index (χ4v) is 4.60. The van der Waals surface area contributed by atoms with E-state index in [9.17, 15) is 29.1 Å². The van der Waals surface area contributed by atoms with Crippen molar-refractivity contribution in [2.75, 3.05) is 32.8 Å². The van der Waals surface area contributed by atoms with E-state index in [1.54, 1.807) is 21.9 Å². The molecule has 4 amide bonds. The van der Waals surface area contributed by atoms with Crippen LogP contribution in [0.25, 0.3) is 0 Å². The zero-order chi connectivity index (χ0) is 26.5. The van der Waals surface area contributed by atoms with E-state index >= 15 is 0 Å². The Morgan fingerprint density at radius 3 is 1.89 bits per heavy atom. The molecule has 4 rings (SSSR count). The number of carboxylic acid groups (broad SMARTS) is 1. The minimum absolute atomic E-state index is 0.0581. The third-order valence-electron chi connectivity index (χ3n) is 6.71. The number of benzene rings is 2. The molecule has 10 nitrogen and oxygen atoms in total. The number of para-hydroxylation sites is 1. The van der Waals surface area contributed by atoms with Gasteiger partial charge < -0.3 is 19.6 Å². The van der Waals surface area contributed by atoms with Gasteiger partial charge in [-0.25, -0.2) is 4.79 Å². The van der Waals surface area contributed by atoms with Crippen LogP contribution in [-0.2, 0) is 14.4 Å². The Hall–Kier alpha value is -4.21. The Morgan fingerprint density at radius 1 is 0.838 bits per heavy atom. The summed E-state index contributed by atoms with van der Waals surface area (Å²) in [4.78, 5) is 66.6. The Labute approximate surface area is 214 Å². The summed E-state index contributed by atoms with van der Waals surface area (Å²) in [5.74, 6) is -2.27. The Bertz CT molecular complexity index is 1180. The van der Waals surface area contributed by atoms with E-state index in [1.807, 2.05) is 31.2 Å². The quantitative estimate of drug-likeness (QED) is 0.515. The first-order chi connectivity index (χ1) is 17.8. The van der Waals surface area contributed by atoms with Crippen LogP contribution in [0.1, 0.15) is 45.5 Å². The van der Waals surface area contributed by atoms with Crippen molar-refractivity contribution < 1.29 is 33.8 Å². The molecule has 1 atom stereocenters. The lowest BCUT2D eigenvalue weighted by molar-refractivity contribution is -0.143. The molecule has 194 valence electrons. The van der Waals surface area contributed by atoms with Crippen molar-refractivity contribution in [2.24, 2.45) is 0 Å². The fraction of sp³-hybridized carbons (Fsp3) is 0.370. The van der Waals surface area contributed by atoms with E-state index in [1.165, 1.54) is 12.1 Å². The van der Waals surface area contributed by atoms with Crippen molar-refractivity contribution in [1.82, 2.24) is 14.7 Å². The number of carbonyl (C=O) groups excluding carboxylic acids is 4. The topological polar surface area (TPSA) is 125 Å². The monoisotopic (exact) mass is 507 g/mol. The Balaban J connectivity index is 1.24. The van der Waals surface area contributed by atoms with Gasteiger partial charge in [0.2, 0.25) is 11.8 Å².